The van der Waals surface area contributed by atoms with Crippen LogP contribution in [-0.2, 0) is 41.5 Å². The van der Waals surface area contributed by atoms with Crippen LogP contribution in [0, 0.1) is 0 Å². The number of fused-ring (bicyclic) bond motifs is 2. The average molecular weight is 782 g/mol. The molecule has 4 N–H and O–H groups in total. The molecule has 2 atom stereocenters. The van der Waals surface area contributed by atoms with Crippen LogP contribution in [0.15, 0.2) is 67.1 Å². The Morgan fingerprint density at radius 1 is 0.789 bits per heavy atom. The van der Waals surface area contributed by atoms with Gasteiger partial charge in [0.15, 0.2) is 0 Å². The second-order valence-electron chi connectivity index (χ2n) is 13.9. The van der Waals surface area contributed by atoms with E-state index >= 15 is 0 Å². The van der Waals surface area contributed by atoms with E-state index in [-0.39, 0.29) is 30.0 Å². The maximum atomic E-state index is 13.2. The largest absolute Gasteiger partial charge is 0.382 e. The molecule has 2 aromatic heterocycles. The Morgan fingerprint density at radius 2 is 1.53 bits per heavy atom. The van der Waals surface area contributed by atoms with Crippen LogP contribution in [0.5, 0.6) is 0 Å². The lowest BCUT2D eigenvalue weighted by Gasteiger charge is -2.27. The zero-order chi connectivity index (χ0) is 39.6. The molecule has 4 amide bonds. The van der Waals surface area contributed by atoms with Crippen LogP contribution in [0.3, 0.4) is 0 Å². The standard InChI is InChI=1S/C41H47N7O9/c49-36-10-9-35(39(50)44-36)48-40(51)31-3-1-4-34(37(31)41(48)52)43-15-18-55-20-22-57-24-23-56-21-19-54-17-2-16-47-26-32(38(45-47)27-11-13-42-14-12-27)29-5-7-30-28(25-29)6-8-33(30)46-53/h1,3-5,7,11-14,25-26,33,35,43,46,53H,2,6,8-10,15-24H2,(H,44,49,50). The van der Waals surface area contributed by atoms with E-state index in [2.05, 4.69) is 45.5 Å². The number of piperidine rings is 1. The van der Waals surface area contributed by atoms with Crippen LogP contribution < -0.4 is 16.1 Å². The molecule has 7 rings (SSSR count). The topological polar surface area (TPSA) is 195 Å². The molecule has 2 unspecified atom stereocenters. The van der Waals surface area contributed by atoms with Crippen LogP contribution in [0.25, 0.3) is 22.4 Å². The number of amides is 4. The number of carbonyl (C=O) groups excluding carboxylic acids is 4. The average Bonchev–Trinajstić information content (AvgIpc) is 3.92. The number of carbonyl (C=O) groups is 4. The molecular formula is C41H47N7O9. The summed E-state index contributed by atoms with van der Waals surface area (Å²) in [7, 11) is 0. The Morgan fingerprint density at radius 3 is 2.26 bits per heavy atom. The van der Waals surface area contributed by atoms with Crippen LogP contribution in [0.4, 0.5) is 5.69 Å². The van der Waals surface area contributed by atoms with E-state index in [1.165, 1.54) is 5.56 Å². The molecule has 3 aliphatic rings. The summed E-state index contributed by atoms with van der Waals surface area (Å²) in [6.45, 7) is 4.54. The van der Waals surface area contributed by atoms with E-state index < -0.39 is 29.7 Å². The van der Waals surface area contributed by atoms with E-state index in [9.17, 15) is 24.4 Å². The van der Waals surface area contributed by atoms with Gasteiger partial charge in [0.2, 0.25) is 11.8 Å². The van der Waals surface area contributed by atoms with Crippen molar-refractivity contribution in [3.63, 3.8) is 0 Å². The number of ether oxygens (including phenoxy) is 4. The molecule has 2 aromatic carbocycles. The number of nitrogens with one attached hydrogen (secondary N) is 3. The Labute approximate surface area is 329 Å². The van der Waals surface area contributed by atoms with Crippen molar-refractivity contribution in [2.24, 2.45) is 0 Å². The van der Waals surface area contributed by atoms with Gasteiger partial charge in [-0.2, -0.15) is 10.6 Å². The van der Waals surface area contributed by atoms with Gasteiger partial charge in [0.25, 0.3) is 11.8 Å². The summed E-state index contributed by atoms with van der Waals surface area (Å²) in [4.78, 5) is 55.2. The minimum absolute atomic E-state index is 0.0244. The lowest BCUT2D eigenvalue weighted by Crippen LogP contribution is -2.54. The second kappa shape index (κ2) is 19.2. The number of hydrogen-bond donors (Lipinski definition) is 4. The lowest BCUT2D eigenvalue weighted by atomic mass is 9.98. The summed E-state index contributed by atoms with van der Waals surface area (Å²) in [5.41, 5.74) is 9.76. The molecule has 4 aromatic rings. The fraction of sp³-hybridized carbons (Fsp3) is 0.415. The van der Waals surface area contributed by atoms with Crippen LogP contribution in [-0.4, -0.2) is 114 Å². The number of aromatic nitrogens is 3. The second-order valence-corrected chi connectivity index (χ2v) is 13.9. The quantitative estimate of drug-likeness (QED) is 0.0545. The van der Waals surface area contributed by atoms with Crippen molar-refractivity contribution in [1.82, 2.24) is 30.5 Å². The molecule has 57 heavy (non-hydrogen) atoms. The minimum Gasteiger partial charge on any atom is -0.382 e. The summed E-state index contributed by atoms with van der Waals surface area (Å²) < 4.78 is 24.6. The van der Waals surface area contributed by atoms with Crippen molar-refractivity contribution in [2.45, 2.75) is 50.7 Å². The summed E-state index contributed by atoms with van der Waals surface area (Å²) in [5, 5.41) is 19.8. The van der Waals surface area contributed by atoms with Crippen molar-refractivity contribution in [2.75, 3.05) is 64.7 Å². The number of pyridine rings is 1. The summed E-state index contributed by atoms with van der Waals surface area (Å²) in [5.74, 6) is -2.16. The molecule has 0 saturated carbocycles. The molecule has 1 saturated heterocycles. The Kier molecular flexibility index (Phi) is 13.4. The number of hydroxylamine groups is 1. The van der Waals surface area contributed by atoms with E-state index in [0.29, 0.717) is 71.6 Å². The van der Waals surface area contributed by atoms with Gasteiger partial charge in [-0.05, 0) is 66.6 Å². The molecule has 1 aliphatic carbocycles. The molecule has 300 valence electrons. The number of nitrogens with zero attached hydrogens (tertiary/aromatic N) is 4. The van der Waals surface area contributed by atoms with Gasteiger partial charge in [-0.15, -0.1) is 0 Å². The highest BCUT2D eigenvalue weighted by atomic mass is 16.6. The monoisotopic (exact) mass is 781 g/mol. The predicted octanol–water partition coefficient (Wildman–Crippen LogP) is 3.55. The fourth-order valence-corrected chi connectivity index (χ4v) is 7.40. The number of rotatable bonds is 21. The first-order chi connectivity index (χ1) is 27.9. The zero-order valence-electron chi connectivity index (χ0n) is 31.6. The van der Waals surface area contributed by atoms with Gasteiger partial charge < -0.3 is 29.5 Å². The number of aryl methyl sites for hydroxylation is 2. The molecule has 16 nitrogen and oxygen atoms in total. The molecule has 0 radical (unpaired) electrons. The lowest BCUT2D eigenvalue weighted by molar-refractivity contribution is -0.136. The first-order valence-corrected chi connectivity index (χ1v) is 19.3. The van der Waals surface area contributed by atoms with Crippen LogP contribution >= 0.6 is 0 Å². The van der Waals surface area contributed by atoms with E-state index in [0.717, 1.165) is 52.1 Å². The highest BCUT2D eigenvalue weighted by Gasteiger charge is 2.45. The van der Waals surface area contributed by atoms with Gasteiger partial charge in [0.1, 0.15) is 11.7 Å². The number of hydrogen-bond acceptors (Lipinski definition) is 13. The van der Waals surface area contributed by atoms with Gasteiger partial charge in [-0.1, -0.05) is 24.3 Å². The maximum Gasteiger partial charge on any atom is 0.264 e. The number of benzene rings is 2. The number of anilines is 1. The normalized spacial score (nSPS) is 17.6. The molecule has 0 spiro atoms. The van der Waals surface area contributed by atoms with E-state index in [1.807, 2.05) is 16.8 Å². The third-order valence-electron chi connectivity index (χ3n) is 10.2. The van der Waals surface area contributed by atoms with Gasteiger partial charge in [0, 0.05) is 61.5 Å². The summed E-state index contributed by atoms with van der Waals surface area (Å²) in [6, 6.07) is 14.2. The molecule has 0 bridgehead atoms. The van der Waals surface area contributed by atoms with Gasteiger partial charge in [0.05, 0.1) is 63.4 Å². The van der Waals surface area contributed by atoms with Crippen molar-refractivity contribution >= 4 is 29.3 Å². The summed E-state index contributed by atoms with van der Waals surface area (Å²) in [6.07, 6.45) is 8.38. The van der Waals surface area contributed by atoms with Crippen molar-refractivity contribution < 1.29 is 43.3 Å². The Hall–Kier alpha value is -5.36. The van der Waals surface area contributed by atoms with Crippen LogP contribution in [0.1, 0.15) is 63.6 Å². The van der Waals surface area contributed by atoms with Crippen molar-refractivity contribution in [3.05, 3.63) is 89.4 Å². The third-order valence-corrected chi connectivity index (χ3v) is 10.2. The first-order valence-electron chi connectivity index (χ1n) is 19.3. The van der Waals surface area contributed by atoms with E-state index in [1.54, 1.807) is 30.6 Å². The smallest absolute Gasteiger partial charge is 0.264 e. The third kappa shape index (κ3) is 9.44. The van der Waals surface area contributed by atoms with Gasteiger partial charge in [-0.25, -0.2) is 0 Å². The van der Waals surface area contributed by atoms with Gasteiger partial charge in [-0.3, -0.25) is 39.1 Å². The van der Waals surface area contributed by atoms with Crippen molar-refractivity contribution in [3.8, 4) is 22.4 Å². The zero-order valence-corrected chi connectivity index (χ0v) is 31.6. The highest BCUT2D eigenvalue weighted by molar-refractivity contribution is 6.25. The maximum absolute atomic E-state index is 13.2. The number of imide groups is 2. The predicted molar refractivity (Wildman–Crippen MR) is 206 cm³/mol. The summed E-state index contributed by atoms with van der Waals surface area (Å²) >= 11 is 0. The Bertz CT molecular complexity index is 2060. The highest BCUT2D eigenvalue weighted by Crippen LogP contribution is 2.37. The molecular weight excluding hydrogens is 734 g/mol. The molecule has 1 fully saturated rings. The van der Waals surface area contributed by atoms with Crippen molar-refractivity contribution in [1.29, 1.82) is 0 Å². The first kappa shape index (κ1) is 39.9. The van der Waals surface area contributed by atoms with Crippen LogP contribution in [0.2, 0.25) is 0 Å². The molecule has 2 aliphatic heterocycles. The minimum atomic E-state index is -1.01. The molecule has 4 heterocycles. The molecule has 16 heteroatoms. The van der Waals surface area contributed by atoms with Gasteiger partial charge >= 0.3 is 0 Å². The van der Waals surface area contributed by atoms with E-state index in [4.69, 9.17) is 24.0 Å². The Balaban J connectivity index is 0.738. The SMILES string of the molecule is O=C1CCC(N2C(=O)c3cccc(NCCOCCOCCOCCOCCCn4cc(-c5ccc6c(c5)CCC6NO)c(-c5ccncc5)n4)c3C2=O)C(=O)N1. The fourth-order valence-electron chi connectivity index (χ4n) is 7.40.